The van der Waals surface area contributed by atoms with E-state index in [2.05, 4.69) is 4.98 Å². The fourth-order valence-corrected chi connectivity index (χ4v) is 6.84. The molecular formula is C14H23N3O8P2. The summed E-state index contributed by atoms with van der Waals surface area (Å²) in [4.78, 5) is 37.5. The van der Waals surface area contributed by atoms with Gasteiger partial charge in [0.2, 0.25) is 5.60 Å². The second-order valence-electron chi connectivity index (χ2n) is 6.62. The van der Waals surface area contributed by atoms with Crippen molar-refractivity contribution in [3.05, 3.63) is 18.7 Å². The smallest absolute Gasteiger partial charge is 0.201 e. The number of nitrogens with zero attached hydrogens (tertiary/aromatic N) is 2. The molecule has 1 aliphatic heterocycles. The lowest BCUT2D eigenvalue weighted by Crippen LogP contribution is -2.78. The quantitative estimate of drug-likeness (QED) is 0.178. The molecular weight excluding hydrogens is 400 g/mol. The second kappa shape index (κ2) is 7.68. The number of rotatable bonds is 10. The van der Waals surface area contributed by atoms with E-state index in [9.17, 15) is 25.0 Å². The van der Waals surface area contributed by atoms with Gasteiger partial charge in [0.15, 0.2) is 22.5 Å². The van der Waals surface area contributed by atoms with Crippen LogP contribution < -0.4 is 5.73 Å². The number of ketones is 1. The molecule has 0 spiro atoms. The molecule has 11 nitrogen and oxygen atoms in total. The van der Waals surface area contributed by atoms with Gasteiger partial charge in [-0.15, -0.1) is 0 Å². The number of carbonyl (C=O) groups excluding carboxylic acids is 1. The highest BCUT2D eigenvalue weighted by Gasteiger charge is 2.80. The Morgan fingerprint density at radius 1 is 1.52 bits per heavy atom. The molecule has 152 valence electrons. The molecule has 2 fully saturated rings. The lowest BCUT2D eigenvalue weighted by Gasteiger charge is -2.65. The van der Waals surface area contributed by atoms with Crippen molar-refractivity contribution in [1.82, 2.24) is 9.55 Å². The Morgan fingerprint density at radius 2 is 2.26 bits per heavy atom. The van der Waals surface area contributed by atoms with Crippen molar-refractivity contribution in [3.63, 3.8) is 0 Å². The molecule has 1 saturated heterocycles. The first kappa shape index (κ1) is 21.1. The zero-order chi connectivity index (χ0) is 19.9. The van der Waals surface area contributed by atoms with Gasteiger partial charge in [-0.1, -0.05) is 0 Å². The summed E-state index contributed by atoms with van der Waals surface area (Å²) in [5.41, 5.74) is 4.08. The summed E-state index contributed by atoms with van der Waals surface area (Å²) >= 11 is 0. The summed E-state index contributed by atoms with van der Waals surface area (Å²) < 4.78 is 6.71. The normalized spacial score (nSPS) is 32.8. The van der Waals surface area contributed by atoms with E-state index in [0.29, 0.717) is 12.8 Å². The average Bonchev–Trinajstić information content (AvgIpc) is 3.14. The van der Waals surface area contributed by atoms with Crippen LogP contribution >= 0.6 is 17.0 Å². The first-order chi connectivity index (χ1) is 12.7. The van der Waals surface area contributed by atoms with Crippen molar-refractivity contribution in [2.75, 3.05) is 6.54 Å². The number of aromatic nitrogens is 2. The van der Waals surface area contributed by atoms with Crippen LogP contribution in [-0.4, -0.2) is 70.5 Å². The minimum Gasteiger partial charge on any atom is -0.388 e. The summed E-state index contributed by atoms with van der Waals surface area (Å²) in [6.45, 7) is 0.913. The SMILES string of the molecule is C[C@H](O)C(O)OPC(O)(Cn1ccnc1)[P@](O)[C@@]12CCC1(C(=O)CN)OO2. The highest BCUT2D eigenvalue weighted by atomic mass is 31.2. The molecule has 0 radical (unpaired) electrons. The van der Waals surface area contributed by atoms with Crippen LogP contribution in [0.5, 0.6) is 0 Å². The maximum absolute atomic E-state index is 12.3. The van der Waals surface area contributed by atoms with Crippen molar-refractivity contribution in [2.24, 2.45) is 5.73 Å². The van der Waals surface area contributed by atoms with Crippen molar-refractivity contribution < 1.29 is 39.3 Å². The van der Waals surface area contributed by atoms with Gasteiger partial charge in [0.05, 0.1) is 28.2 Å². The van der Waals surface area contributed by atoms with Gasteiger partial charge in [-0.2, -0.15) is 0 Å². The lowest BCUT2D eigenvalue weighted by molar-refractivity contribution is -0.543. The third-order valence-corrected chi connectivity index (χ3v) is 8.75. The molecule has 2 heterocycles. The summed E-state index contributed by atoms with van der Waals surface area (Å²) in [5.74, 6) is -0.417. The number of aliphatic hydroxyl groups excluding tert-OH is 2. The Hall–Kier alpha value is -0.580. The maximum Gasteiger partial charge on any atom is 0.201 e. The maximum atomic E-state index is 12.3. The first-order valence-corrected chi connectivity index (χ1v) is 10.5. The van der Waals surface area contributed by atoms with Crippen LogP contribution in [0.25, 0.3) is 0 Å². The summed E-state index contributed by atoms with van der Waals surface area (Å²) in [5, 5.41) is 27.1. The van der Waals surface area contributed by atoms with Crippen LogP contribution in [-0.2, 0) is 25.6 Å². The van der Waals surface area contributed by atoms with Gasteiger partial charge in [0, 0.05) is 12.4 Å². The molecule has 0 bridgehead atoms. The number of hydrogen-bond acceptors (Lipinski definition) is 10. The van der Waals surface area contributed by atoms with E-state index in [1.807, 2.05) is 0 Å². The predicted molar refractivity (Wildman–Crippen MR) is 94.3 cm³/mol. The van der Waals surface area contributed by atoms with Crippen molar-refractivity contribution in [1.29, 1.82) is 0 Å². The number of carbonyl (C=O) groups is 1. The molecule has 1 saturated carbocycles. The van der Waals surface area contributed by atoms with Gasteiger partial charge in [-0.25, -0.2) is 14.8 Å². The van der Waals surface area contributed by atoms with Crippen LogP contribution in [0.2, 0.25) is 0 Å². The monoisotopic (exact) mass is 423 g/mol. The van der Waals surface area contributed by atoms with Crippen molar-refractivity contribution >= 4 is 22.7 Å². The van der Waals surface area contributed by atoms with Crippen LogP contribution in [0.3, 0.4) is 0 Å². The fraction of sp³-hybridized carbons (Fsp3) is 0.714. The first-order valence-electron chi connectivity index (χ1n) is 8.27. The number of imidazole rings is 1. The molecule has 6 N–H and O–H groups in total. The molecule has 7 atom stereocenters. The summed E-state index contributed by atoms with van der Waals surface area (Å²) in [6, 6.07) is 0. The largest absolute Gasteiger partial charge is 0.388 e. The van der Waals surface area contributed by atoms with Crippen LogP contribution in [0.15, 0.2) is 18.7 Å². The van der Waals surface area contributed by atoms with Crippen molar-refractivity contribution in [2.45, 2.75) is 54.7 Å². The molecule has 1 aromatic heterocycles. The van der Waals surface area contributed by atoms with Gasteiger partial charge < -0.3 is 35.0 Å². The number of hydrogen-bond donors (Lipinski definition) is 5. The van der Waals surface area contributed by atoms with E-state index in [1.54, 1.807) is 6.20 Å². The molecule has 0 aromatic carbocycles. The highest BCUT2D eigenvalue weighted by Crippen LogP contribution is 2.77. The van der Waals surface area contributed by atoms with Crippen LogP contribution in [0, 0.1) is 0 Å². The molecule has 0 amide bonds. The fourth-order valence-electron chi connectivity index (χ4n) is 3.10. The van der Waals surface area contributed by atoms with E-state index in [4.69, 9.17) is 20.0 Å². The molecule has 13 heteroatoms. The Bertz CT molecular complexity index is 667. The minimum absolute atomic E-state index is 0.127. The van der Waals surface area contributed by atoms with Crippen LogP contribution in [0.4, 0.5) is 0 Å². The van der Waals surface area contributed by atoms with E-state index >= 15 is 0 Å². The predicted octanol–water partition coefficient (Wildman–Crippen LogP) is -1.05. The number of fused-ring (bicyclic) bond motifs is 1. The minimum atomic E-state index is -2.40. The topological polar surface area (TPSA) is 170 Å². The molecule has 1 aliphatic carbocycles. The molecule has 3 rings (SSSR count). The molecule has 4 unspecified atom stereocenters. The Balaban J connectivity index is 1.84. The Morgan fingerprint density at radius 3 is 2.70 bits per heavy atom. The van der Waals surface area contributed by atoms with E-state index in [1.165, 1.54) is 24.0 Å². The van der Waals surface area contributed by atoms with Gasteiger partial charge in [0.25, 0.3) is 0 Å². The molecule has 2 aliphatic rings. The standard InChI is InChI=1S/C14H23N3O8P2/c1-9(18)11(20)23-26-14(21,7-17-5-4-16-8-17)27(22)13-3-2-12(13,24-25-13)10(19)6-15/h4-5,8-9,11,18,20-22,26H,2-3,6-7,15H2,1H3/t9-,11?,12?,13-,14?,27+/m0/s1. The third-order valence-electron chi connectivity index (χ3n) is 4.82. The van der Waals surface area contributed by atoms with E-state index < -0.39 is 51.2 Å². The zero-order valence-electron chi connectivity index (χ0n) is 14.6. The number of Topliss-reactive ketones (excluding diaryl/α,β-unsaturated/α-hetero) is 1. The van der Waals surface area contributed by atoms with Crippen molar-refractivity contribution in [3.8, 4) is 0 Å². The Labute approximate surface area is 158 Å². The highest BCUT2D eigenvalue weighted by molar-refractivity contribution is 7.66. The summed E-state index contributed by atoms with van der Waals surface area (Å²) in [7, 11) is -3.22. The molecule has 1 aromatic rings. The number of nitrogens with two attached hydrogens (primary N) is 1. The Kier molecular flexibility index (Phi) is 6.01. The van der Waals surface area contributed by atoms with Crippen LogP contribution in [0.1, 0.15) is 19.8 Å². The van der Waals surface area contributed by atoms with Gasteiger partial charge >= 0.3 is 0 Å². The third kappa shape index (κ3) is 3.36. The van der Waals surface area contributed by atoms with Gasteiger partial charge in [-0.3, -0.25) is 4.79 Å². The lowest BCUT2D eigenvalue weighted by atomic mass is 9.71. The zero-order valence-corrected chi connectivity index (χ0v) is 16.5. The summed E-state index contributed by atoms with van der Waals surface area (Å²) in [6.07, 6.45) is 2.41. The average molecular weight is 423 g/mol. The van der Waals surface area contributed by atoms with Gasteiger partial charge in [0.1, 0.15) is 14.3 Å². The van der Waals surface area contributed by atoms with E-state index in [-0.39, 0.29) is 13.1 Å². The molecule has 27 heavy (non-hydrogen) atoms. The van der Waals surface area contributed by atoms with Gasteiger partial charge in [-0.05, 0) is 19.8 Å². The second-order valence-corrected chi connectivity index (χ2v) is 10.4. The van der Waals surface area contributed by atoms with E-state index in [0.717, 1.165) is 0 Å². The number of aliphatic hydroxyl groups is 3.